The van der Waals surface area contributed by atoms with Crippen LogP contribution < -0.4 is 0 Å². The number of hydrogen-bond acceptors (Lipinski definition) is 2. The minimum atomic E-state index is -0.417. The quantitative estimate of drug-likeness (QED) is 0.338. The molecule has 0 aromatic heterocycles. The summed E-state index contributed by atoms with van der Waals surface area (Å²) >= 11 is 0. The van der Waals surface area contributed by atoms with Gasteiger partial charge in [0.15, 0.2) is 0 Å². The van der Waals surface area contributed by atoms with Crippen LogP contribution in [0, 0.1) is 10.1 Å². The minimum absolute atomic E-state index is 0.417. The molecule has 0 spiro atoms. The van der Waals surface area contributed by atoms with E-state index in [0.717, 1.165) is 19.0 Å². The predicted molar refractivity (Wildman–Crippen MR) is 44.9 cm³/mol. The van der Waals surface area contributed by atoms with Gasteiger partial charge in [0.25, 0.3) is 0 Å². The van der Waals surface area contributed by atoms with Gasteiger partial charge in [-0.25, -0.2) is 0 Å². The monoisotopic (exact) mass is 157 g/mol. The van der Waals surface area contributed by atoms with Gasteiger partial charge in [0.1, 0.15) is 0 Å². The van der Waals surface area contributed by atoms with Gasteiger partial charge in [0, 0.05) is 0 Å². The van der Waals surface area contributed by atoms with E-state index >= 15 is 0 Å². The van der Waals surface area contributed by atoms with Crippen molar-refractivity contribution < 1.29 is 4.92 Å². The lowest BCUT2D eigenvalue weighted by Crippen LogP contribution is -1.82. The number of allylic oxidation sites excluding steroid dienone is 1. The number of nitro groups is 1. The van der Waals surface area contributed by atoms with Crippen LogP contribution in [0.3, 0.4) is 0 Å². The van der Waals surface area contributed by atoms with E-state index < -0.39 is 4.92 Å². The maximum Gasteiger partial charge on any atom is 0.230 e. The van der Waals surface area contributed by atoms with Crippen LogP contribution >= 0.6 is 0 Å². The Balaban J connectivity index is 3.07. The standard InChI is InChI=1S/C8H15NO2/c1-2-3-4-5-6-7-8-9(10)11/h7-8H,2-6H2,1H3. The van der Waals surface area contributed by atoms with Gasteiger partial charge in [-0.3, -0.25) is 10.1 Å². The zero-order chi connectivity index (χ0) is 8.53. The highest BCUT2D eigenvalue weighted by Crippen LogP contribution is 2.02. The van der Waals surface area contributed by atoms with E-state index in [0.29, 0.717) is 0 Å². The van der Waals surface area contributed by atoms with Gasteiger partial charge in [0.2, 0.25) is 6.20 Å². The van der Waals surface area contributed by atoms with Crippen molar-refractivity contribution >= 4 is 0 Å². The summed E-state index contributed by atoms with van der Waals surface area (Å²) in [6, 6.07) is 0. The van der Waals surface area contributed by atoms with Crippen LogP contribution in [0.4, 0.5) is 0 Å². The Morgan fingerprint density at radius 3 is 2.64 bits per heavy atom. The second-order valence-corrected chi connectivity index (χ2v) is 2.52. The van der Waals surface area contributed by atoms with Crippen molar-refractivity contribution in [3.05, 3.63) is 22.4 Å². The molecule has 0 N–H and O–H groups in total. The van der Waals surface area contributed by atoms with Crippen molar-refractivity contribution in [3.8, 4) is 0 Å². The van der Waals surface area contributed by atoms with Crippen LogP contribution in [0.25, 0.3) is 0 Å². The van der Waals surface area contributed by atoms with Crippen molar-refractivity contribution in [2.45, 2.75) is 39.0 Å². The van der Waals surface area contributed by atoms with Crippen molar-refractivity contribution in [1.29, 1.82) is 0 Å². The van der Waals surface area contributed by atoms with Crippen molar-refractivity contribution in [1.82, 2.24) is 0 Å². The van der Waals surface area contributed by atoms with E-state index in [1.807, 2.05) is 0 Å². The van der Waals surface area contributed by atoms with E-state index in [2.05, 4.69) is 6.92 Å². The van der Waals surface area contributed by atoms with E-state index in [4.69, 9.17) is 0 Å². The number of nitrogens with zero attached hydrogens (tertiary/aromatic N) is 1. The van der Waals surface area contributed by atoms with Crippen LogP contribution in [0.5, 0.6) is 0 Å². The molecule has 64 valence electrons. The molecule has 0 unspecified atom stereocenters. The summed E-state index contributed by atoms with van der Waals surface area (Å²) in [5.74, 6) is 0. The Hall–Kier alpha value is -0.860. The van der Waals surface area contributed by atoms with Gasteiger partial charge in [-0.1, -0.05) is 26.2 Å². The topological polar surface area (TPSA) is 43.1 Å². The van der Waals surface area contributed by atoms with E-state index in [9.17, 15) is 10.1 Å². The molecule has 0 aliphatic carbocycles. The van der Waals surface area contributed by atoms with Crippen molar-refractivity contribution in [3.63, 3.8) is 0 Å². The lowest BCUT2D eigenvalue weighted by molar-refractivity contribution is -0.402. The molecule has 0 rings (SSSR count). The van der Waals surface area contributed by atoms with Gasteiger partial charge in [-0.15, -0.1) is 0 Å². The molecule has 0 saturated carbocycles. The Kier molecular flexibility index (Phi) is 6.68. The lowest BCUT2D eigenvalue weighted by atomic mass is 10.1. The van der Waals surface area contributed by atoms with E-state index in [1.54, 1.807) is 6.08 Å². The van der Waals surface area contributed by atoms with Crippen LogP contribution in [-0.4, -0.2) is 4.92 Å². The molecule has 0 radical (unpaired) electrons. The molecule has 11 heavy (non-hydrogen) atoms. The summed E-state index contributed by atoms with van der Waals surface area (Å²) in [5, 5.41) is 9.81. The van der Waals surface area contributed by atoms with Crippen molar-refractivity contribution in [2.75, 3.05) is 0 Å². The van der Waals surface area contributed by atoms with Crippen LogP contribution in [0.15, 0.2) is 12.3 Å². The normalized spacial score (nSPS) is 10.6. The Bertz CT molecular complexity index is 132. The molecule has 0 aliphatic rings. The molecule has 0 aliphatic heterocycles. The molecule has 0 amide bonds. The molecule has 0 heterocycles. The molecule has 0 aromatic rings. The first-order chi connectivity index (χ1) is 5.27. The fourth-order valence-corrected chi connectivity index (χ4v) is 0.850. The first-order valence-electron chi connectivity index (χ1n) is 4.07. The van der Waals surface area contributed by atoms with E-state index in [1.165, 1.54) is 19.3 Å². The predicted octanol–water partition coefficient (Wildman–Crippen LogP) is 2.75. The molecule has 3 nitrogen and oxygen atoms in total. The van der Waals surface area contributed by atoms with Crippen molar-refractivity contribution in [2.24, 2.45) is 0 Å². The van der Waals surface area contributed by atoms with Crippen LogP contribution in [0.2, 0.25) is 0 Å². The van der Waals surface area contributed by atoms with Gasteiger partial charge >= 0.3 is 0 Å². The maximum absolute atomic E-state index is 9.81. The summed E-state index contributed by atoms with van der Waals surface area (Å²) in [5.41, 5.74) is 0. The van der Waals surface area contributed by atoms with Crippen LogP contribution in [-0.2, 0) is 0 Å². The number of unbranched alkanes of at least 4 members (excludes halogenated alkanes) is 4. The maximum atomic E-state index is 9.81. The molecule has 0 aromatic carbocycles. The second-order valence-electron chi connectivity index (χ2n) is 2.52. The minimum Gasteiger partial charge on any atom is -0.259 e. The average molecular weight is 157 g/mol. The molecule has 0 fully saturated rings. The summed E-state index contributed by atoms with van der Waals surface area (Å²) in [7, 11) is 0. The van der Waals surface area contributed by atoms with Gasteiger partial charge in [-0.05, 0) is 18.9 Å². The highest BCUT2D eigenvalue weighted by molar-refractivity contribution is 4.71. The molecular weight excluding hydrogens is 142 g/mol. The highest BCUT2D eigenvalue weighted by atomic mass is 16.6. The molecule has 3 heteroatoms. The van der Waals surface area contributed by atoms with Crippen LogP contribution in [0.1, 0.15) is 39.0 Å². The molecular formula is C8H15NO2. The summed E-state index contributed by atoms with van der Waals surface area (Å²) in [4.78, 5) is 9.39. The van der Waals surface area contributed by atoms with Gasteiger partial charge in [-0.2, -0.15) is 0 Å². The largest absolute Gasteiger partial charge is 0.259 e. The Morgan fingerprint density at radius 2 is 2.09 bits per heavy atom. The third-order valence-electron chi connectivity index (χ3n) is 1.45. The summed E-state index contributed by atoms with van der Waals surface area (Å²) < 4.78 is 0. The third kappa shape index (κ3) is 9.14. The molecule has 0 atom stereocenters. The van der Waals surface area contributed by atoms with E-state index in [-0.39, 0.29) is 0 Å². The van der Waals surface area contributed by atoms with Gasteiger partial charge in [0.05, 0.1) is 4.92 Å². The lowest BCUT2D eigenvalue weighted by Gasteiger charge is -1.92. The first kappa shape index (κ1) is 10.1. The Labute approximate surface area is 67.3 Å². The SMILES string of the molecule is CCCCCCC=C[N+](=O)[O-]. The first-order valence-corrected chi connectivity index (χ1v) is 4.07. The highest BCUT2D eigenvalue weighted by Gasteiger charge is 1.86. The third-order valence-corrected chi connectivity index (χ3v) is 1.45. The Morgan fingerprint density at radius 1 is 1.36 bits per heavy atom. The fourth-order valence-electron chi connectivity index (χ4n) is 0.850. The fraction of sp³-hybridized carbons (Fsp3) is 0.750. The molecule has 0 bridgehead atoms. The average Bonchev–Trinajstić information content (AvgIpc) is 1.96. The zero-order valence-electron chi connectivity index (χ0n) is 6.95. The smallest absolute Gasteiger partial charge is 0.230 e. The zero-order valence-corrected chi connectivity index (χ0v) is 6.95. The summed E-state index contributed by atoms with van der Waals surface area (Å²) in [6.45, 7) is 2.15. The number of hydrogen-bond donors (Lipinski definition) is 0. The number of rotatable bonds is 6. The van der Waals surface area contributed by atoms with Gasteiger partial charge < -0.3 is 0 Å². The summed E-state index contributed by atoms with van der Waals surface area (Å²) in [6.07, 6.45) is 8.16. The molecule has 0 saturated heterocycles. The second kappa shape index (κ2) is 7.25.